The second kappa shape index (κ2) is 4.95. The first-order valence-corrected chi connectivity index (χ1v) is 9.88. The van der Waals surface area contributed by atoms with Gasteiger partial charge < -0.3 is 10.1 Å². The van der Waals surface area contributed by atoms with Gasteiger partial charge in [0.15, 0.2) is 0 Å². The third-order valence-electron chi connectivity index (χ3n) is 2.27. The Hall–Kier alpha value is -1.24. The predicted octanol–water partition coefficient (Wildman–Crippen LogP) is 0.646. The molecule has 13 heteroatoms. The number of hydrogen-bond acceptors (Lipinski definition) is 8. The summed E-state index contributed by atoms with van der Waals surface area (Å²) in [5.74, 6) is -2.43. The summed E-state index contributed by atoms with van der Waals surface area (Å²) in [7, 11) is -3.32. The van der Waals surface area contributed by atoms with Gasteiger partial charge in [-0.05, 0) is 4.92 Å². The van der Waals surface area contributed by atoms with Gasteiger partial charge >= 0.3 is 5.82 Å². The summed E-state index contributed by atoms with van der Waals surface area (Å²) in [6, 6.07) is 0. The van der Waals surface area contributed by atoms with E-state index in [0.29, 0.717) is 0 Å². The van der Waals surface area contributed by atoms with Crippen molar-refractivity contribution in [3.05, 3.63) is 21.7 Å². The Morgan fingerprint density at radius 2 is 2.00 bits per heavy atom. The number of fused-ring (bicyclic) bond motifs is 1. The molecular weight excluding hydrogens is 354 g/mol. The molecule has 0 amide bonds. The normalized spacial score (nSPS) is 12.8. The maximum absolute atomic E-state index is 12.0. The van der Waals surface area contributed by atoms with Crippen molar-refractivity contribution in [2.45, 2.75) is 5.03 Å². The molecule has 0 radical (unpaired) electrons. The van der Waals surface area contributed by atoms with E-state index < -0.39 is 46.2 Å². The Morgan fingerprint density at radius 3 is 2.55 bits per heavy atom. The molecule has 0 saturated carbocycles. The van der Waals surface area contributed by atoms with Crippen molar-refractivity contribution >= 4 is 51.7 Å². The van der Waals surface area contributed by atoms with Crippen molar-refractivity contribution in [1.82, 2.24) is 9.38 Å². The summed E-state index contributed by atoms with van der Waals surface area (Å²) in [6.45, 7) is 0. The molecule has 2 aromatic rings. The van der Waals surface area contributed by atoms with Crippen LogP contribution in [0.15, 0.2) is 16.6 Å². The van der Waals surface area contributed by atoms with Crippen molar-refractivity contribution in [3.63, 3.8) is 0 Å². The predicted molar refractivity (Wildman–Crippen MR) is 71.4 cm³/mol. The second-order valence-corrected chi connectivity index (χ2v) is 9.41. The SMILES string of the molecule is O=[N+]([O-])c1c(S(=O)(=O)CCS(=O)(=O)Cl)nc2sccn12. The third-order valence-corrected chi connectivity index (χ3v) is 6.04. The summed E-state index contributed by atoms with van der Waals surface area (Å²) < 4.78 is 46.6. The average Bonchev–Trinajstić information content (AvgIpc) is 2.84. The number of hydrogen-bond donors (Lipinski definition) is 0. The topological polar surface area (TPSA) is 129 Å². The van der Waals surface area contributed by atoms with Gasteiger partial charge in [-0.15, -0.1) is 0 Å². The first kappa shape index (κ1) is 15.2. The van der Waals surface area contributed by atoms with Crippen molar-refractivity contribution in [2.24, 2.45) is 0 Å². The van der Waals surface area contributed by atoms with Crippen LogP contribution in [0.25, 0.3) is 4.96 Å². The van der Waals surface area contributed by atoms with Crippen molar-refractivity contribution in [1.29, 1.82) is 0 Å². The molecule has 0 aliphatic rings. The molecule has 0 bridgehead atoms. The van der Waals surface area contributed by atoms with Gasteiger partial charge in [0.1, 0.15) is 6.20 Å². The van der Waals surface area contributed by atoms with Crippen molar-refractivity contribution in [2.75, 3.05) is 11.5 Å². The number of rotatable bonds is 5. The molecule has 0 N–H and O–H groups in total. The average molecular weight is 360 g/mol. The van der Waals surface area contributed by atoms with E-state index in [1.807, 2.05) is 0 Å². The number of nitro groups is 1. The zero-order valence-corrected chi connectivity index (χ0v) is 12.7. The first-order chi connectivity index (χ1) is 9.12. The molecule has 2 aromatic heterocycles. The monoisotopic (exact) mass is 359 g/mol. The highest BCUT2D eigenvalue weighted by molar-refractivity contribution is 8.14. The second-order valence-electron chi connectivity index (χ2n) is 3.62. The highest BCUT2D eigenvalue weighted by Crippen LogP contribution is 2.28. The number of thiazole rings is 1. The molecule has 0 aliphatic carbocycles. The van der Waals surface area contributed by atoms with Gasteiger partial charge in [-0.1, -0.05) is 11.3 Å². The van der Waals surface area contributed by atoms with Crippen LogP contribution in [0.4, 0.5) is 5.82 Å². The molecule has 0 unspecified atom stereocenters. The largest absolute Gasteiger partial charge is 0.367 e. The van der Waals surface area contributed by atoms with Gasteiger partial charge in [0.2, 0.25) is 18.9 Å². The fraction of sp³-hybridized carbons (Fsp3) is 0.286. The molecule has 0 atom stereocenters. The summed E-state index contributed by atoms with van der Waals surface area (Å²) in [4.78, 5) is 13.9. The van der Waals surface area contributed by atoms with Crippen LogP contribution in [0.5, 0.6) is 0 Å². The van der Waals surface area contributed by atoms with Crippen LogP contribution in [0.1, 0.15) is 0 Å². The first-order valence-electron chi connectivity index (χ1n) is 4.87. The summed E-state index contributed by atoms with van der Waals surface area (Å²) in [6.07, 6.45) is 1.31. The third kappa shape index (κ3) is 2.92. The number of sulfone groups is 1. The van der Waals surface area contributed by atoms with Gasteiger partial charge in [-0.2, -0.15) is 9.38 Å². The molecule has 2 rings (SSSR count). The molecular formula is C7H6ClN3O6S3. The molecule has 0 saturated heterocycles. The van der Waals surface area contributed by atoms with E-state index in [0.717, 1.165) is 15.7 Å². The van der Waals surface area contributed by atoms with E-state index in [9.17, 15) is 26.9 Å². The highest BCUT2D eigenvalue weighted by Gasteiger charge is 2.33. The van der Waals surface area contributed by atoms with Crippen LogP contribution in [0.3, 0.4) is 0 Å². The lowest BCUT2D eigenvalue weighted by molar-refractivity contribution is -0.393. The Labute approximate surface area is 121 Å². The van der Waals surface area contributed by atoms with Crippen LogP contribution in [-0.4, -0.2) is 42.6 Å². The minimum absolute atomic E-state index is 0.129. The van der Waals surface area contributed by atoms with E-state index in [1.165, 1.54) is 11.6 Å². The molecule has 110 valence electrons. The van der Waals surface area contributed by atoms with E-state index >= 15 is 0 Å². The van der Waals surface area contributed by atoms with Crippen LogP contribution in [-0.2, 0) is 18.9 Å². The number of halogens is 1. The van der Waals surface area contributed by atoms with E-state index in [4.69, 9.17) is 10.7 Å². The maximum atomic E-state index is 12.0. The fourth-order valence-electron chi connectivity index (χ4n) is 1.43. The van der Waals surface area contributed by atoms with E-state index in [-0.39, 0.29) is 4.96 Å². The van der Waals surface area contributed by atoms with Gasteiger partial charge in [-0.25, -0.2) is 16.8 Å². The van der Waals surface area contributed by atoms with Crippen molar-refractivity contribution in [3.8, 4) is 0 Å². The van der Waals surface area contributed by atoms with Gasteiger partial charge in [-0.3, -0.25) is 0 Å². The Kier molecular flexibility index (Phi) is 3.75. The maximum Gasteiger partial charge on any atom is 0.367 e. The minimum Gasteiger partial charge on any atom is -0.358 e. The lowest BCUT2D eigenvalue weighted by atomic mass is 10.7. The van der Waals surface area contributed by atoms with Gasteiger partial charge in [0, 0.05) is 16.1 Å². The molecule has 0 aromatic carbocycles. The smallest absolute Gasteiger partial charge is 0.358 e. The summed E-state index contributed by atoms with van der Waals surface area (Å²) in [5, 5.41) is 11.7. The van der Waals surface area contributed by atoms with Crippen LogP contribution in [0.2, 0.25) is 0 Å². The molecule has 9 nitrogen and oxygen atoms in total. The quantitative estimate of drug-likeness (QED) is 0.435. The van der Waals surface area contributed by atoms with E-state index in [2.05, 4.69) is 4.98 Å². The van der Waals surface area contributed by atoms with Gasteiger partial charge in [0.05, 0.1) is 11.5 Å². The molecule has 2 heterocycles. The number of aromatic nitrogens is 2. The standard InChI is InChI=1S/C7H6ClN3O6S3/c8-20(16,17)4-3-19(14,15)5-6(11(12)13)10-1-2-18-7(10)9-5/h1-2H,3-4H2. The Balaban J connectivity index is 2.54. The Bertz CT molecular complexity index is 880. The fourth-order valence-corrected chi connectivity index (χ4v) is 5.31. The molecule has 20 heavy (non-hydrogen) atoms. The zero-order chi connectivity index (χ0) is 15.1. The minimum atomic E-state index is -4.23. The zero-order valence-electron chi connectivity index (χ0n) is 9.46. The Morgan fingerprint density at radius 1 is 1.35 bits per heavy atom. The highest BCUT2D eigenvalue weighted by atomic mass is 35.7. The van der Waals surface area contributed by atoms with Crippen LogP contribution >= 0.6 is 22.0 Å². The van der Waals surface area contributed by atoms with Crippen LogP contribution in [0, 0.1) is 10.1 Å². The molecule has 0 aliphatic heterocycles. The summed E-state index contributed by atoms with van der Waals surface area (Å²) >= 11 is 1.02. The number of imidazole rings is 1. The van der Waals surface area contributed by atoms with Crippen molar-refractivity contribution < 1.29 is 21.8 Å². The van der Waals surface area contributed by atoms with Gasteiger partial charge in [0.25, 0.3) is 9.99 Å². The molecule has 0 spiro atoms. The summed E-state index contributed by atoms with van der Waals surface area (Å²) in [5.41, 5.74) is 0. The molecule has 0 fully saturated rings. The lowest BCUT2D eigenvalue weighted by Crippen LogP contribution is -2.16. The van der Waals surface area contributed by atoms with E-state index in [1.54, 1.807) is 0 Å². The lowest BCUT2D eigenvalue weighted by Gasteiger charge is -2.00. The number of nitrogens with zero attached hydrogens (tertiary/aromatic N) is 3. The van der Waals surface area contributed by atoms with Crippen LogP contribution < -0.4 is 0 Å².